The smallest absolute Gasteiger partial charge is 0.274 e. The van der Waals surface area contributed by atoms with Crippen LogP contribution in [-0.2, 0) is 0 Å². The van der Waals surface area contributed by atoms with E-state index in [0.29, 0.717) is 5.69 Å². The maximum atomic E-state index is 13.3. The van der Waals surface area contributed by atoms with E-state index in [1.807, 2.05) is 66.0 Å². The van der Waals surface area contributed by atoms with Crippen LogP contribution in [0, 0.1) is 0 Å². The van der Waals surface area contributed by atoms with Crippen molar-refractivity contribution in [3.05, 3.63) is 83.9 Å². The van der Waals surface area contributed by atoms with Crippen molar-refractivity contribution in [2.75, 3.05) is 42.9 Å². The number of aromatic nitrogens is 2. The minimum Gasteiger partial charge on any atom is -0.369 e. The second-order valence-electron chi connectivity index (χ2n) is 8.06. The predicted molar refractivity (Wildman–Crippen MR) is 136 cm³/mol. The molecule has 0 saturated carbocycles. The molecule has 6 nitrogen and oxygen atoms in total. The molecule has 0 atom stereocenters. The van der Waals surface area contributed by atoms with E-state index in [-0.39, 0.29) is 5.91 Å². The molecule has 1 fully saturated rings. The van der Waals surface area contributed by atoms with Gasteiger partial charge in [0.2, 0.25) is 0 Å². The van der Waals surface area contributed by atoms with Gasteiger partial charge in [-0.2, -0.15) is 5.10 Å². The zero-order chi connectivity index (χ0) is 22.6. The van der Waals surface area contributed by atoms with Crippen LogP contribution in [0.2, 0.25) is 0 Å². The maximum Gasteiger partial charge on any atom is 0.274 e. The molecule has 1 aliphatic rings. The second-order valence-corrected chi connectivity index (χ2v) is 9.01. The van der Waals surface area contributed by atoms with Crippen LogP contribution in [0.25, 0.3) is 16.3 Å². The third kappa shape index (κ3) is 4.69. The van der Waals surface area contributed by atoms with Gasteiger partial charge < -0.3 is 15.1 Å². The van der Waals surface area contributed by atoms with Crippen molar-refractivity contribution in [2.45, 2.75) is 6.92 Å². The molecule has 2 aromatic heterocycles. The summed E-state index contributed by atoms with van der Waals surface area (Å²) in [5, 5.41) is 9.79. The summed E-state index contributed by atoms with van der Waals surface area (Å²) in [6.45, 7) is 7.55. The summed E-state index contributed by atoms with van der Waals surface area (Å²) in [7, 11) is 0. The summed E-state index contributed by atoms with van der Waals surface area (Å²) >= 11 is 1.61. The maximum absolute atomic E-state index is 13.3. The molecule has 0 spiro atoms. The van der Waals surface area contributed by atoms with Gasteiger partial charge in [-0.1, -0.05) is 31.2 Å². The van der Waals surface area contributed by atoms with Crippen LogP contribution in [0.3, 0.4) is 0 Å². The van der Waals surface area contributed by atoms with Crippen molar-refractivity contribution in [1.82, 2.24) is 14.7 Å². The number of thiophene rings is 1. The highest BCUT2D eigenvalue weighted by Gasteiger charge is 2.19. The van der Waals surface area contributed by atoms with Gasteiger partial charge in [-0.15, -0.1) is 11.3 Å². The molecule has 0 bridgehead atoms. The number of likely N-dealkylation sites (N-methyl/N-ethyl adjacent to an activating group) is 1. The van der Waals surface area contributed by atoms with Crippen LogP contribution in [-0.4, -0.2) is 53.3 Å². The van der Waals surface area contributed by atoms with E-state index >= 15 is 0 Å². The average molecular weight is 458 g/mol. The van der Waals surface area contributed by atoms with E-state index in [2.05, 4.69) is 34.2 Å². The standard InChI is InChI=1S/C26H27N5OS/c1-2-29-14-16-30(17-15-29)21-12-10-20(11-13-21)27-26(32)24-19-23(25-9-6-18-33-25)28-31(24)22-7-4-3-5-8-22/h3-13,18-19H,2,14-17H2,1H3,(H,27,32). The highest BCUT2D eigenvalue weighted by molar-refractivity contribution is 7.13. The van der Waals surface area contributed by atoms with Crippen molar-refractivity contribution in [1.29, 1.82) is 0 Å². The average Bonchev–Trinajstić information content (AvgIpc) is 3.56. The van der Waals surface area contributed by atoms with Gasteiger partial charge in [0.25, 0.3) is 5.91 Å². The number of amides is 1. The first-order chi connectivity index (χ1) is 16.2. The topological polar surface area (TPSA) is 53.4 Å². The number of rotatable bonds is 6. The zero-order valence-electron chi connectivity index (χ0n) is 18.6. The summed E-state index contributed by atoms with van der Waals surface area (Å²) < 4.78 is 1.71. The van der Waals surface area contributed by atoms with E-state index in [1.54, 1.807) is 16.0 Å². The summed E-state index contributed by atoms with van der Waals surface area (Å²) in [5.41, 5.74) is 4.12. The van der Waals surface area contributed by atoms with Crippen LogP contribution in [0.1, 0.15) is 17.4 Å². The molecule has 1 aliphatic heterocycles. The number of anilines is 2. The summed E-state index contributed by atoms with van der Waals surface area (Å²) in [5.74, 6) is -0.182. The molecule has 0 aliphatic carbocycles. The predicted octanol–water partition coefficient (Wildman–Crippen LogP) is 5.00. The lowest BCUT2D eigenvalue weighted by Gasteiger charge is -2.35. The molecule has 3 heterocycles. The Kier molecular flexibility index (Phi) is 6.24. The van der Waals surface area contributed by atoms with E-state index in [0.717, 1.165) is 54.7 Å². The summed E-state index contributed by atoms with van der Waals surface area (Å²) in [6, 6.07) is 23.7. The van der Waals surface area contributed by atoms with Crippen LogP contribution >= 0.6 is 11.3 Å². The lowest BCUT2D eigenvalue weighted by molar-refractivity contribution is 0.101. The molecular formula is C26H27N5OS. The largest absolute Gasteiger partial charge is 0.369 e. The lowest BCUT2D eigenvalue weighted by Crippen LogP contribution is -2.46. The van der Waals surface area contributed by atoms with E-state index < -0.39 is 0 Å². The Morgan fingerprint density at radius 2 is 1.70 bits per heavy atom. The van der Waals surface area contributed by atoms with Gasteiger partial charge in [-0.05, 0) is 60.5 Å². The Morgan fingerprint density at radius 1 is 0.939 bits per heavy atom. The summed E-state index contributed by atoms with van der Waals surface area (Å²) in [6.07, 6.45) is 0. The number of hydrogen-bond acceptors (Lipinski definition) is 5. The van der Waals surface area contributed by atoms with Gasteiger partial charge in [-0.3, -0.25) is 4.79 Å². The third-order valence-electron chi connectivity index (χ3n) is 6.03. The zero-order valence-corrected chi connectivity index (χ0v) is 19.5. The third-order valence-corrected chi connectivity index (χ3v) is 6.92. The fourth-order valence-corrected chi connectivity index (χ4v) is 4.81. The van der Waals surface area contributed by atoms with Gasteiger partial charge in [0.1, 0.15) is 11.4 Å². The van der Waals surface area contributed by atoms with Crippen molar-refractivity contribution in [2.24, 2.45) is 0 Å². The molecule has 1 saturated heterocycles. The van der Waals surface area contributed by atoms with Crippen LogP contribution in [0.4, 0.5) is 11.4 Å². The fraction of sp³-hybridized carbons (Fsp3) is 0.231. The Bertz CT molecular complexity index is 1190. The first kappa shape index (κ1) is 21.4. The van der Waals surface area contributed by atoms with Gasteiger partial charge >= 0.3 is 0 Å². The molecule has 5 rings (SSSR count). The number of hydrogen-bond donors (Lipinski definition) is 1. The first-order valence-electron chi connectivity index (χ1n) is 11.3. The van der Waals surface area contributed by atoms with Gasteiger partial charge in [0, 0.05) is 37.6 Å². The van der Waals surface area contributed by atoms with Crippen molar-refractivity contribution < 1.29 is 4.79 Å². The lowest BCUT2D eigenvalue weighted by atomic mass is 10.2. The van der Waals surface area contributed by atoms with Crippen molar-refractivity contribution in [3.8, 4) is 16.3 Å². The number of piperazine rings is 1. The molecule has 4 aromatic rings. The minimum atomic E-state index is -0.182. The normalized spacial score (nSPS) is 14.4. The second kappa shape index (κ2) is 9.60. The molecule has 168 valence electrons. The Labute approximate surface area is 198 Å². The number of para-hydroxylation sites is 1. The molecule has 33 heavy (non-hydrogen) atoms. The van der Waals surface area contributed by atoms with Gasteiger partial charge in [0.15, 0.2) is 0 Å². The Hall–Kier alpha value is -3.42. The quantitative estimate of drug-likeness (QED) is 0.443. The fourth-order valence-electron chi connectivity index (χ4n) is 4.13. The number of benzene rings is 2. The number of nitrogens with one attached hydrogen (secondary N) is 1. The first-order valence-corrected chi connectivity index (χ1v) is 12.2. The monoisotopic (exact) mass is 457 g/mol. The molecule has 1 N–H and O–H groups in total. The molecular weight excluding hydrogens is 430 g/mol. The van der Waals surface area contributed by atoms with Crippen LogP contribution in [0.15, 0.2) is 78.2 Å². The highest BCUT2D eigenvalue weighted by atomic mass is 32.1. The Balaban J connectivity index is 1.35. The van der Waals surface area contributed by atoms with Crippen molar-refractivity contribution in [3.63, 3.8) is 0 Å². The molecule has 1 amide bonds. The highest BCUT2D eigenvalue weighted by Crippen LogP contribution is 2.27. The SMILES string of the molecule is CCN1CCN(c2ccc(NC(=O)c3cc(-c4cccs4)nn3-c3ccccc3)cc2)CC1. The molecule has 0 unspecified atom stereocenters. The van der Waals surface area contributed by atoms with Crippen molar-refractivity contribution >= 4 is 28.6 Å². The number of carbonyl (C=O) groups excluding carboxylic acids is 1. The summed E-state index contributed by atoms with van der Waals surface area (Å²) in [4.78, 5) is 19.2. The minimum absolute atomic E-state index is 0.182. The van der Waals surface area contributed by atoms with Gasteiger partial charge in [0.05, 0.1) is 10.6 Å². The number of carbonyl (C=O) groups is 1. The molecule has 2 aromatic carbocycles. The van der Waals surface area contributed by atoms with Crippen LogP contribution < -0.4 is 10.2 Å². The van der Waals surface area contributed by atoms with E-state index in [1.165, 1.54) is 5.69 Å². The van der Waals surface area contributed by atoms with Gasteiger partial charge in [-0.25, -0.2) is 4.68 Å². The molecule has 0 radical (unpaired) electrons. The molecule has 7 heteroatoms. The van der Waals surface area contributed by atoms with Crippen LogP contribution in [0.5, 0.6) is 0 Å². The van der Waals surface area contributed by atoms with E-state index in [9.17, 15) is 4.79 Å². The van der Waals surface area contributed by atoms with E-state index in [4.69, 9.17) is 5.10 Å². The number of nitrogens with zero attached hydrogens (tertiary/aromatic N) is 4. The Morgan fingerprint density at radius 3 is 2.36 bits per heavy atom.